The Morgan fingerprint density at radius 1 is 1.29 bits per heavy atom. The lowest BCUT2D eigenvalue weighted by Crippen LogP contribution is -2.14. The van der Waals surface area contributed by atoms with Crippen molar-refractivity contribution in [1.29, 1.82) is 0 Å². The van der Waals surface area contributed by atoms with E-state index in [4.69, 9.17) is 9.47 Å². The smallest absolute Gasteiger partial charge is 0.226 e. The minimum absolute atomic E-state index is 0.0737. The van der Waals surface area contributed by atoms with E-state index in [2.05, 4.69) is 10.4 Å². The van der Waals surface area contributed by atoms with Gasteiger partial charge < -0.3 is 14.8 Å². The zero-order valence-corrected chi connectivity index (χ0v) is 12.4. The fourth-order valence-corrected chi connectivity index (χ4v) is 1.94. The number of nitrogens with zero attached hydrogens (tertiary/aromatic N) is 2. The molecule has 1 aromatic heterocycles. The summed E-state index contributed by atoms with van der Waals surface area (Å²) in [4.78, 5) is 11.9. The fourth-order valence-electron chi connectivity index (χ4n) is 1.94. The molecule has 0 aliphatic heterocycles. The highest BCUT2D eigenvalue weighted by molar-refractivity contribution is 5.91. The van der Waals surface area contributed by atoms with Gasteiger partial charge in [-0.3, -0.25) is 9.48 Å². The summed E-state index contributed by atoms with van der Waals surface area (Å²) in [5.74, 6) is 1.14. The van der Waals surface area contributed by atoms with E-state index in [9.17, 15) is 4.79 Å². The number of rotatable bonds is 6. The SMILES string of the molecule is COc1ccc(NC(=O)CCn2cc(C)cn2)cc1OC. The van der Waals surface area contributed by atoms with Gasteiger partial charge in [0.15, 0.2) is 11.5 Å². The molecule has 0 fully saturated rings. The summed E-state index contributed by atoms with van der Waals surface area (Å²) in [6.07, 6.45) is 4.03. The van der Waals surface area contributed by atoms with Crippen LogP contribution in [0.1, 0.15) is 12.0 Å². The number of carbonyl (C=O) groups excluding carboxylic acids is 1. The molecule has 1 heterocycles. The van der Waals surface area contributed by atoms with Crippen molar-refractivity contribution in [3.05, 3.63) is 36.2 Å². The van der Waals surface area contributed by atoms with Crippen LogP contribution in [-0.4, -0.2) is 29.9 Å². The molecule has 0 aliphatic rings. The second-order valence-electron chi connectivity index (χ2n) is 4.65. The number of nitrogens with one attached hydrogen (secondary N) is 1. The van der Waals surface area contributed by atoms with E-state index in [0.717, 1.165) is 5.56 Å². The highest BCUT2D eigenvalue weighted by atomic mass is 16.5. The molecule has 0 bridgehead atoms. The number of aryl methyl sites for hydroxylation is 2. The molecular formula is C15H19N3O3. The van der Waals surface area contributed by atoms with Gasteiger partial charge in [-0.1, -0.05) is 0 Å². The molecule has 0 saturated carbocycles. The van der Waals surface area contributed by atoms with Crippen molar-refractivity contribution < 1.29 is 14.3 Å². The molecule has 0 spiro atoms. The minimum Gasteiger partial charge on any atom is -0.493 e. The Kier molecular flexibility index (Phi) is 4.81. The number of aromatic nitrogens is 2. The monoisotopic (exact) mass is 289 g/mol. The minimum atomic E-state index is -0.0737. The summed E-state index contributed by atoms with van der Waals surface area (Å²) in [6, 6.07) is 5.26. The van der Waals surface area contributed by atoms with Gasteiger partial charge in [-0.15, -0.1) is 0 Å². The van der Waals surface area contributed by atoms with Crippen LogP contribution in [0.4, 0.5) is 5.69 Å². The second-order valence-corrected chi connectivity index (χ2v) is 4.65. The standard InChI is InChI=1S/C15H19N3O3/c1-11-9-16-18(10-11)7-6-15(19)17-12-4-5-13(20-2)14(8-12)21-3/h4-5,8-10H,6-7H2,1-3H3,(H,17,19). The van der Waals surface area contributed by atoms with Crippen molar-refractivity contribution in [3.63, 3.8) is 0 Å². The summed E-state index contributed by atoms with van der Waals surface area (Å²) in [5, 5.41) is 6.97. The lowest BCUT2D eigenvalue weighted by Gasteiger charge is -2.10. The molecule has 0 radical (unpaired) electrons. The van der Waals surface area contributed by atoms with Crippen LogP contribution in [0.5, 0.6) is 11.5 Å². The number of hydrogen-bond donors (Lipinski definition) is 1. The topological polar surface area (TPSA) is 65.4 Å². The fraction of sp³-hybridized carbons (Fsp3) is 0.333. The van der Waals surface area contributed by atoms with Gasteiger partial charge in [-0.05, 0) is 24.6 Å². The maximum atomic E-state index is 11.9. The summed E-state index contributed by atoms with van der Waals surface area (Å²) < 4.78 is 12.1. The van der Waals surface area contributed by atoms with E-state index in [1.54, 1.807) is 43.3 Å². The highest BCUT2D eigenvalue weighted by Gasteiger charge is 2.07. The first-order valence-corrected chi connectivity index (χ1v) is 6.63. The normalized spacial score (nSPS) is 10.2. The van der Waals surface area contributed by atoms with Crippen LogP contribution < -0.4 is 14.8 Å². The van der Waals surface area contributed by atoms with Gasteiger partial charge in [0.25, 0.3) is 0 Å². The van der Waals surface area contributed by atoms with Gasteiger partial charge in [0.2, 0.25) is 5.91 Å². The Bertz CT molecular complexity index is 622. The summed E-state index contributed by atoms with van der Waals surface area (Å²) in [5.41, 5.74) is 1.75. The van der Waals surface area contributed by atoms with Gasteiger partial charge in [0, 0.05) is 30.9 Å². The number of hydrogen-bond acceptors (Lipinski definition) is 4. The lowest BCUT2D eigenvalue weighted by molar-refractivity contribution is -0.116. The molecule has 0 aliphatic carbocycles. The number of methoxy groups -OCH3 is 2. The Labute approximate surface area is 123 Å². The molecule has 2 rings (SSSR count). The number of carbonyl (C=O) groups is 1. The average molecular weight is 289 g/mol. The summed E-state index contributed by atoms with van der Waals surface area (Å²) in [7, 11) is 3.13. The third kappa shape index (κ3) is 3.98. The zero-order chi connectivity index (χ0) is 15.2. The van der Waals surface area contributed by atoms with Gasteiger partial charge in [0.05, 0.1) is 20.4 Å². The molecule has 1 N–H and O–H groups in total. The van der Waals surface area contributed by atoms with Crippen molar-refractivity contribution in [2.45, 2.75) is 19.9 Å². The molecule has 1 amide bonds. The molecular weight excluding hydrogens is 270 g/mol. The maximum absolute atomic E-state index is 11.9. The number of benzene rings is 1. The molecule has 0 unspecified atom stereocenters. The predicted octanol–water partition coefficient (Wildman–Crippen LogP) is 2.24. The maximum Gasteiger partial charge on any atom is 0.226 e. The van der Waals surface area contributed by atoms with Crippen LogP contribution in [0.2, 0.25) is 0 Å². The van der Waals surface area contributed by atoms with Crippen molar-refractivity contribution in [1.82, 2.24) is 9.78 Å². The van der Waals surface area contributed by atoms with Crippen LogP contribution in [-0.2, 0) is 11.3 Å². The van der Waals surface area contributed by atoms with Crippen LogP contribution in [0.25, 0.3) is 0 Å². The van der Waals surface area contributed by atoms with Crippen molar-refractivity contribution in [2.24, 2.45) is 0 Å². The zero-order valence-electron chi connectivity index (χ0n) is 12.4. The van der Waals surface area contributed by atoms with E-state index in [1.807, 2.05) is 13.1 Å². The third-order valence-electron chi connectivity index (χ3n) is 3.00. The number of ether oxygens (including phenoxy) is 2. The van der Waals surface area contributed by atoms with Crippen molar-refractivity contribution >= 4 is 11.6 Å². The van der Waals surface area contributed by atoms with E-state index >= 15 is 0 Å². The quantitative estimate of drug-likeness (QED) is 0.885. The summed E-state index contributed by atoms with van der Waals surface area (Å²) in [6.45, 7) is 2.51. The number of amides is 1. The van der Waals surface area contributed by atoms with Gasteiger partial charge in [-0.2, -0.15) is 5.10 Å². The predicted molar refractivity (Wildman–Crippen MR) is 79.8 cm³/mol. The molecule has 1 aromatic carbocycles. The first kappa shape index (κ1) is 14.9. The molecule has 0 atom stereocenters. The van der Waals surface area contributed by atoms with E-state index in [1.165, 1.54) is 0 Å². The van der Waals surface area contributed by atoms with E-state index in [0.29, 0.717) is 30.2 Å². The molecule has 2 aromatic rings. The van der Waals surface area contributed by atoms with Crippen LogP contribution in [0.15, 0.2) is 30.6 Å². The average Bonchev–Trinajstić information content (AvgIpc) is 2.90. The highest BCUT2D eigenvalue weighted by Crippen LogP contribution is 2.29. The Balaban J connectivity index is 1.93. The van der Waals surface area contributed by atoms with Crippen molar-refractivity contribution in [2.75, 3.05) is 19.5 Å². The molecule has 0 saturated heterocycles. The first-order valence-electron chi connectivity index (χ1n) is 6.63. The number of anilines is 1. The first-order chi connectivity index (χ1) is 10.1. The molecule has 6 heteroatoms. The van der Waals surface area contributed by atoms with Crippen LogP contribution in [0.3, 0.4) is 0 Å². The van der Waals surface area contributed by atoms with Gasteiger partial charge in [0.1, 0.15) is 0 Å². The van der Waals surface area contributed by atoms with E-state index in [-0.39, 0.29) is 5.91 Å². The van der Waals surface area contributed by atoms with Gasteiger partial charge in [-0.25, -0.2) is 0 Å². The summed E-state index contributed by atoms with van der Waals surface area (Å²) >= 11 is 0. The van der Waals surface area contributed by atoms with Crippen molar-refractivity contribution in [3.8, 4) is 11.5 Å². The van der Waals surface area contributed by atoms with E-state index < -0.39 is 0 Å². The molecule has 21 heavy (non-hydrogen) atoms. The van der Waals surface area contributed by atoms with Crippen LogP contribution in [0, 0.1) is 6.92 Å². The third-order valence-corrected chi connectivity index (χ3v) is 3.00. The molecule has 112 valence electrons. The second kappa shape index (κ2) is 6.78. The largest absolute Gasteiger partial charge is 0.493 e. The lowest BCUT2D eigenvalue weighted by atomic mass is 10.2. The van der Waals surface area contributed by atoms with Gasteiger partial charge >= 0.3 is 0 Å². The Morgan fingerprint density at radius 3 is 2.67 bits per heavy atom. The molecule has 6 nitrogen and oxygen atoms in total. The Hall–Kier alpha value is -2.50. The van der Waals surface area contributed by atoms with Crippen LogP contribution >= 0.6 is 0 Å². The Morgan fingerprint density at radius 2 is 2.05 bits per heavy atom.